The van der Waals surface area contributed by atoms with E-state index < -0.39 is 17.3 Å². The van der Waals surface area contributed by atoms with Crippen LogP contribution in [0.2, 0.25) is 0 Å². The van der Waals surface area contributed by atoms with Gasteiger partial charge in [-0.05, 0) is 6.07 Å². The number of aromatic amines is 1. The summed E-state index contributed by atoms with van der Waals surface area (Å²) in [7, 11) is 0. The lowest BCUT2D eigenvalue weighted by atomic mass is 10.5. The van der Waals surface area contributed by atoms with Crippen molar-refractivity contribution in [2.75, 3.05) is 0 Å². The van der Waals surface area contributed by atoms with Crippen LogP contribution in [0.1, 0.15) is 0 Å². The number of nitrogens with one attached hydrogen (secondary N) is 1. The molecule has 0 saturated heterocycles. The van der Waals surface area contributed by atoms with Gasteiger partial charge >= 0.3 is 0 Å². The van der Waals surface area contributed by atoms with Crippen LogP contribution in [0.4, 0.5) is 8.78 Å². The highest BCUT2D eigenvalue weighted by Crippen LogP contribution is 1.94. The molecule has 1 aromatic heterocycles. The van der Waals surface area contributed by atoms with Gasteiger partial charge in [-0.25, -0.2) is 4.39 Å². The van der Waals surface area contributed by atoms with Crippen molar-refractivity contribution in [3.63, 3.8) is 0 Å². The van der Waals surface area contributed by atoms with E-state index in [2.05, 4.69) is 0 Å². The summed E-state index contributed by atoms with van der Waals surface area (Å²) in [5.41, 5.74) is -0.645. The Morgan fingerprint density at radius 3 is 2.44 bits per heavy atom. The van der Waals surface area contributed by atoms with E-state index in [4.69, 9.17) is 0 Å². The van der Waals surface area contributed by atoms with Crippen molar-refractivity contribution in [2.45, 2.75) is 0 Å². The van der Waals surface area contributed by atoms with Crippen molar-refractivity contribution >= 4 is 0 Å². The van der Waals surface area contributed by atoms with Gasteiger partial charge in [0.15, 0.2) is 5.82 Å². The smallest absolute Gasteiger partial charge is 0.250 e. The summed E-state index contributed by atoms with van der Waals surface area (Å²) in [6.45, 7) is 0. The predicted octanol–water partition coefficient (Wildman–Crippen LogP) is 0.653. The molecule has 1 N–H and O–H groups in total. The molecular weight excluding hydrogens is 128 g/mol. The molecule has 48 valence electrons. The van der Waals surface area contributed by atoms with E-state index in [0.717, 1.165) is 12.1 Å². The van der Waals surface area contributed by atoms with Crippen LogP contribution < -0.4 is 5.56 Å². The third-order valence-electron chi connectivity index (χ3n) is 0.824. The van der Waals surface area contributed by atoms with Crippen LogP contribution in [-0.2, 0) is 0 Å². The number of H-pyrrole nitrogens is 1. The van der Waals surface area contributed by atoms with Crippen molar-refractivity contribution < 1.29 is 8.78 Å². The molecule has 0 aromatic carbocycles. The van der Waals surface area contributed by atoms with Crippen molar-refractivity contribution in [2.24, 2.45) is 0 Å². The molecule has 0 unspecified atom stereocenters. The highest BCUT2D eigenvalue weighted by atomic mass is 19.2. The molecule has 0 spiro atoms. The fourth-order valence-corrected chi connectivity index (χ4v) is 0.432. The molecule has 1 rings (SSSR count). The second-order valence-electron chi connectivity index (χ2n) is 1.48. The zero-order valence-corrected chi connectivity index (χ0v) is 4.32. The first kappa shape index (κ1) is 5.94. The predicted molar refractivity (Wildman–Crippen MR) is 27.0 cm³/mol. The lowest BCUT2D eigenvalue weighted by molar-refractivity contribution is 0.476. The minimum Gasteiger partial charge on any atom is -0.296 e. The topological polar surface area (TPSA) is 32.9 Å². The number of aromatic nitrogens is 1. The van der Waals surface area contributed by atoms with Crippen molar-refractivity contribution in [1.82, 2.24) is 4.98 Å². The molecule has 1 heterocycles. The van der Waals surface area contributed by atoms with Crippen molar-refractivity contribution in [1.29, 1.82) is 0 Å². The van der Waals surface area contributed by atoms with Crippen LogP contribution in [-0.4, -0.2) is 4.98 Å². The van der Waals surface area contributed by atoms with Gasteiger partial charge in [-0.15, -0.1) is 0 Å². The Morgan fingerprint density at radius 2 is 2.00 bits per heavy atom. The fourth-order valence-electron chi connectivity index (χ4n) is 0.432. The van der Waals surface area contributed by atoms with Crippen LogP contribution in [0.15, 0.2) is 16.9 Å². The van der Waals surface area contributed by atoms with Crippen LogP contribution in [0.25, 0.3) is 0 Å². The second-order valence-corrected chi connectivity index (χ2v) is 1.48. The maximum Gasteiger partial charge on any atom is 0.250 e. The van der Waals surface area contributed by atoms with E-state index in [1.165, 1.54) is 0 Å². The quantitative estimate of drug-likeness (QED) is 0.515. The molecule has 0 atom stereocenters. The molecule has 0 aliphatic heterocycles. The lowest BCUT2D eigenvalue weighted by Gasteiger charge is -1.86. The first-order valence-electron chi connectivity index (χ1n) is 2.24. The van der Waals surface area contributed by atoms with Gasteiger partial charge in [0.2, 0.25) is 11.5 Å². The summed E-state index contributed by atoms with van der Waals surface area (Å²) < 4.78 is 23.9. The van der Waals surface area contributed by atoms with Gasteiger partial charge in [0.25, 0.3) is 0 Å². The average molecular weight is 131 g/mol. The summed E-state index contributed by atoms with van der Waals surface area (Å²) in [6.07, 6.45) is 0. The van der Waals surface area contributed by atoms with Crippen molar-refractivity contribution in [3.05, 3.63) is 34.3 Å². The van der Waals surface area contributed by atoms with Crippen molar-refractivity contribution in [3.8, 4) is 0 Å². The molecule has 0 amide bonds. The zero-order chi connectivity index (χ0) is 6.85. The van der Waals surface area contributed by atoms with Crippen LogP contribution >= 0.6 is 0 Å². The monoisotopic (exact) mass is 131 g/mol. The number of hydrogen-bond acceptors (Lipinski definition) is 1. The van der Waals surface area contributed by atoms with E-state index in [1.54, 1.807) is 4.98 Å². The summed E-state index contributed by atoms with van der Waals surface area (Å²) >= 11 is 0. The van der Waals surface area contributed by atoms with Crippen LogP contribution in [0, 0.1) is 11.8 Å². The number of rotatable bonds is 0. The third-order valence-corrected chi connectivity index (χ3v) is 0.824. The van der Waals surface area contributed by atoms with Gasteiger partial charge in [0.05, 0.1) is 0 Å². The third kappa shape index (κ3) is 1.13. The van der Waals surface area contributed by atoms with Gasteiger partial charge in [-0.2, -0.15) is 4.39 Å². The molecule has 0 aliphatic carbocycles. The first-order chi connectivity index (χ1) is 4.20. The SMILES string of the molecule is O=c1ccc(F)c(F)[nH]1. The summed E-state index contributed by atoms with van der Waals surface area (Å²) in [4.78, 5) is 11.8. The molecule has 0 aliphatic rings. The van der Waals surface area contributed by atoms with Crippen LogP contribution in [0.3, 0.4) is 0 Å². The number of hydrogen-bond donors (Lipinski definition) is 1. The number of pyridine rings is 1. The van der Waals surface area contributed by atoms with Gasteiger partial charge in [0, 0.05) is 6.07 Å². The molecule has 4 heteroatoms. The van der Waals surface area contributed by atoms with E-state index >= 15 is 0 Å². The Bertz CT molecular complexity index is 268. The molecule has 0 saturated carbocycles. The van der Waals surface area contributed by atoms with Crippen LogP contribution in [0.5, 0.6) is 0 Å². The highest BCUT2D eigenvalue weighted by molar-refractivity contribution is 4.95. The minimum absolute atomic E-state index is 0.645. The molecular formula is C5H3F2NO. The fraction of sp³-hybridized carbons (Fsp3) is 0. The van der Waals surface area contributed by atoms with E-state index in [1.807, 2.05) is 0 Å². The van der Waals surface area contributed by atoms with Gasteiger partial charge < -0.3 is 0 Å². The average Bonchev–Trinajstić information content (AvgIpc) is 1.80. The summed E-state index contributed by atoms with van der Waals surface area (Å²) in [5, 5.41) is 0. The number of halogens is 2. The Balaban J connectivity index is 3.34. The zero-order valence-electron chi connectivity index (χ0n) is 4.32. The van der Waals surface area contributed by atoms with Gasteiger partial charge in [0.1, 0.15) is 0 Å². The second kappa shape index (κ2) is 1.97. The summed E-state index contributed by atoms with van der Waals surface area (Å²) in [6, 6.07) is 1.69. The molecule has 9 heavy (non-hydrogen) atoms. The molecule has 1 aromatic rings. The Labute approximate surface area is 49.1 Å². The Morgan fingerprint density at radius 1 is 1.33 bits per heavy atom. The maximum atomic E-state index is 12.0. The molecule has 0 fully saturated rings. The van der Waals surface area contributed by atoms with E-state index in [-0.39, 0.29) is 0 Å². The Hall–Kier alpha value is -1.19. The first-order valence-corrected chi connectivity index (χ1v) is 2.24. The maximum absolute atomic E-state index is 12.0. The standard InChI is InChI=1S/C5H3F2NO/c6-3-1-2-4(9)8-5(3)7/h1-2H,(H,8,9). The largest absolute Gasteiger partial charge is 0.296 e. The van der Waals surface area contributed by atoms with Gasteiger partial charge in [-0.3, -0.25) is 9.78 Å². The van der Waals surface area contributed by atoms with E-state index in [0.29, 0.717) is 0 Å². The molecule has 2 nitrogen and oxygen atoms in total. The van der Waals surface area contributed by atoms with E-state index in [9.17, 15) is 13.6 Å². The minimum atomic E-state index is -1.22. The normalized spacial score (nSPS) is 9.56. The van der Waals surface area contributed by atoms with Gasteiger partial charge in [-0.1, -0.05) is 0 Å². The highest BCUT2D eigenvalue weighted by Gasteiger charge is 1.97. The molecule has 0 bridgehead atoms. The Kier molecular flexibility index (Phi) is 1.30. The summed E-state index contributed by atoms with van der Waals surface area (Å²) in [5.74, 6) is -2.27. The molecule has 0 radical (unpaired) electrons. The lowest BCUT2D eigenvalue weighted by Crippen LogP contribution is -2.06.